The minimum absolute atomic E-state index is 0.0701. The third-order valence-electron chi connectivity index (χ3n) is 1.59. The van der Waals surface area contributed by atoms with E-state index in [1.54, 1.807) is 0 Å². The molecule has 4 nitrogen and oxygen atoms in total. The maximum atomic E-state index is 12.2. The number of alkyl halides is 4. The number of hydrogen-bond acceptors (Lipinski definition) is 4. The fourth-order valence-corrected chi connectivity index (χ4v) is 1.62. The van der Waals surface area contributed by atoms with Crippen molar-refractivity contribution in [1.82, 2.24) is 14.5 Å². The number of halogens is 4. The summed E-state index contributed by atoms with van der Waals surface area (Å²) in [6, 6.07) is 0. The molecule has 1 amide bonds. The van der Waals surface area contributed by atoms with Crippen LogP contribution in [0.5, 0.6) is 0 Å². The van der Waals surface area contributed by atoms with Gasteiger partial charge in [0.05, 0.1) is 0 Å². The summed E-state index contributed by atoms with van der Waals surface area (Å²) in [6.45, 7) is -1.52. The highest BCUT2D eigenvalue weighted by Gasteiger charge is 2.33. The van der Waals surface area contributed by atoms with Gasteiger partial charge in [-0.3, -0.25) is 4.79 Å². The average Bonchev–Trinajstić information content (AvgIpc) is 2.66. The molecule has 16 heavy (non-hydrogen) atoms. The van der Waals surface area contributed by atoms with E-state index in [2.05, 4.69) is 9.59 Å². The average molecular weight is 274 g/mol. The number of hydrogen-bond donors (Lipinski definition) is 0. The Morgan fingerprint density at radius 1 is 1.56 bits per heavy atom. The minimum Gasteiger partial charge on any atom is -0.327 e. The molecule has 1 aromatic heterocycles. The van der Waals surface area contributed by atoms with Crippen molar-refractivity contribution in [2.45, 2.75) is 6.18 Å². The standard InChI is InChI=1S/C7H7ClF3N3OS/c8-1-2-14(4-7(9,10)11)6(15)5-3-16-13-12-5/h3H,1-2,4H2. The van der Waals surface area contributed by atoms with Crippen LogP contribution in [0.1, 0.15) is 10.5 Å². The lowest BCUT2D eigenvalue weighted by Gasteiger charge is -2.21. The maximum absolute atomic E-state index is 12.2. The van der Waals surface area contributed by atoms with Gasteiger partial charge in [-0.25, -0.2) is 0 Å². The molecular weight excluding hydrogens is 267 g/mol. The van der Waals surface area contributed by atoms with Gasteiger partial charge in [-0.05, 0) is 11.5 Å². The molecule has 0 unspecified atom stereocenters. The third kappa shape index (κ3) is 3.93. The van der Waals surface area contributed by atoms with Crippen molar-refractivity contribution < 1.29 is 18.0 Å². The zero-order chi connectivity index (χ0) is 12.2. The van der Waals surface area contributed by atoms with Crippen LogP contribution in [0.15, 0.2) is 5.38 Å². The lowest BCUT2D eigenvalue weighted by molar-refractivity contribution is -0.140. The summed E-state index contributed by atoms with van der Waals surface area (Å²) >= 11 is 6.23. The zero-order valence-electron chi connectivity index (χ0n) is 7.87. The van der Waals surface area contributed by atoms with Gasteiger partial charge < -0.3 is 4.90 Å². The second-order valence-corrected chi connectivity index (χ2v) is 3.81. The molecule has 0 fully saturated rings. The van der Waals surface area contributed by atoms with E-state index < -0.39 is 18.6 Å². The monoisotopic (exact) mass is 273 g/mol. The predicted molar refractivity (Wildman–Crippen MR) is 52.6 cm³/mol. The summed E-state index contributed by atoms with van der Waals surface area (Å²) in [6.07, 6.45) is -4.45. The van der Waals surface area contributed by atoms with Gasteiger partial charge in [-0.1, -0.05) is 4.49 Å². The highest BCUT2D eigenvalue weighted by molar-refractivity contribution is 7.03. The molecule has 0 aliphatic carbocycles. The molecule has 0 radical (unpaired) electrons. The number of carbonyl (C=O) groups is 1. The number of aromatic nitrogens is 2. The predicted octanol–water partition coefficient (Wildman–Crippen LogP) is 1.78. The molecule has 90 valence electrons. The van der Waals surface area contributed by atoms with Gasteiger partial charge in [-0.15, -0.1) is 16.7 Å². The second kappa shape index (κ2) is 5.44. The normalized spacial score (nSPS) is 11.5. The number of carbonyl (C=O) groups excluding carboxylic acids is 1. The fraction of sp³-hybridized carbons (Fsp3) is 0.571. The van der Waals surface area contributed by atoms with Crippen molar-refractivity contribution in [3.63, 3.8) is 0 Å². The van der Waals surface area contributed by atoms with Crippen LogP contribution < -0.4 is 0 Å². The minimum atomic E-state index is -4.45. The van der Waals surface area contributed by atoms with Crippen LogP contribution in [0.3, 0.4) is 0 Å². The number of nitrogens with zero attached hydrogens (tertiary/aromatic N) is 3. The van der Waals surface area contributed by atoms with Crippen molar-refractivity contribution in [1.29, 1.82) is 0 Å². The van der Waals surface area contributed by atoms with Crippen LogP contribution in [-0.2, 0) is 0 Å². The largest absolute Gasteiger partial charge is 0.406 e. The van der Waals surface area contributed by atoms with Crippen LogP contribution in [-0.4, -0.2) is 45.5 Å². The molecule has 0 aromatic carbocycles. The molecule has 0 bridgehead atoms. The molecular formula is C7H7ClF3N3OS. The molecule has 0 aliphatic rings. The maximum Gasteiger partial charge on any atom is 0.406 e. The van der Waals surface area contributed by atoms with Gasteiger partial charge in [0.1, 0.15) is 6.54 Å². The number of rotatable bonds is 4. The molecule has 0 aliphatic heterocycles. The first-order valence-electron chi connectivity index (χ1n) is 4.13. The summed E-state index contributed by atoms with van der Waals surface area (Å²) in [4.78, 5) is 12.1. The summed E-state index contributed by atoms with van der Waals surface area (Å²) in [5.74, 6) is -0.883. The van der Waals surface area contributed by atoms with Crippen molar-refractivity contribution in [3.05, 3.63) is 11.1 Å². The van der Waals surface area contributed by atoms with Gasteiger partial charge in [0, 0.05) is 17.8 Å². The van der Waals surface area contributed by atoms with E-state index in [1.807, 2.05) is 0 Å². The van der Waals surface area contributed by atoms with Crippen LogP contribution >= 0.6 is 23.1 Å². The quantitative estimate of drug-likeness (QED) is 0.786. The molecule has 1 rings (SSSR count). The SMILES string of the molecule is O=C(c1csnn1)N(CCCl)CC(F)(F)F. The van der Waals surface area contributed by atoms with E-state index in [9.17, 15) is 18.0 Å². The molecule has 0 atom stereocenters. The first kappa shape index (κ1) is 13.2. The molecule has 0 N–H and O–H groups in total. The molecule has 0 saturated carbocycles. The smallest absolute Gasteiger partial charge is 0.327 e. The van der Waals surface area contributed by atoms with E-state index in [0.717, 1.165) is 11.5 Å². The fourth-order valence-electron chi connectivity index (χ4n) is 0.991. The lowest BCUT2D eigenvalue weighted by Crippen LogP contribution is -2.40. The van der Waals surface area contributed by atoms with Crippen LogP contribution in [0.4, 0.5) is 13.2 Å². The molecule has 9 heteroatoms. The van der Waals surface area contributed by atoms with Crippen molar-refractivity contribution in [3.8, 4) is 0 Å². The molecule has 0 spiro atoms. The zero-order valence-corrected chi connectivity index (χ0v) is 9.44. The Labute approximate surface area is 98.2 Å². The van der Waals surface area contributed by atoms with Crippen molar-refractivity contribution >= 4 is 29.0 Å². The second-order valence-electron chi connectivity index (χ2n) is 2.82. The molecule has 1 heterocycles. The van der Waals surface area contributed by atoms with E-state index >= 15 is 0 Å². The van der Waals surface area contributed by atoms with E-state index in [4.69, 9.17) is 11.6 Å². The van der Waals surface area contributed by atoms with Crippen molar-refractivity contribution in [2.24, 2.45) is 0 Å². The van der Waals surface area contributed by atoms with Gasteiger partial charge in [0.15, 0.2) is 5.69 Å². The van der Waals surface area contributed by atoms with E-state index in [0.29, 0.717) is 4.90 Å². The highest BCUT2D eigenvalue weighted by Crippen LogP contribution is 2.17. The lowest BCUT2D eigenvalue weighted by atomic mass is 10.4. The first-order chi connectivity index (χ1) is 7.44. The summed E-state index contributed by atoms with van der Waals surface area (Å²) in [5.41, 5.74) is -0.0978. The van der Waals surface area contributed by atoms with Gasteiger partial charge >= 0.3 is 6.18 Å². The number of amides is 1. The topological polar surface area (TPSA) is 46.1 Å². The van der Waals surface area contributed by atoms with Crippen LogP contribution in [0.2, 0.25) is 0 Å². The Morgan fingerprint density at radius 3 is 2.69 bits per heavy atom. The highest BCUT2D eigenvalue weighted by atomic mass is 35.5. The molecule has 1 aromatic rings. The van der Waals surface area contributed by atoms with Gasteiger partial charge in [0.25, 0.3) is 5.91 Å². The van der Waals surface area contributed by atoms with Crippen LogP contribution in [0.25, 0.3) is 0 Å². The summed E-state index contributed by atoms with van der Waals surface area (Å²) in [7, 11) is 0. The summed E-state index contributed by atoms with van der Waals surface area (Å²) in [5, 5.41) is 4.71. The Morgan fingerprint density at radius 2 is 2.25 bits per heavy atom. The Balaban J connectivity index is 2.74. The van der Waals surface area contributed by atoms with E-state index in [1.165, 1.54) is 5.38 Å². The summed E-state index contributed by atoms with van der Waals surface area (Å²) < 4.78 is 39.9. The molecule has 0 saturated heterocycles. The Hall–Kier alpha value is -0.890. The van der Waals surface area contributed by atoms with Crippen molar-refractivity contribution in [2.75, 3.05) is 19.0 Å². The van der Waals surface area contributed by atoms with E-state index in [-0.39, 0.29) is 18.1 Å². The first-order valence-corrected chi connectivity index (χ1v) is 5.50. The van der Waals surface area contributed by atoms with Gasteiger partial charge in [-0.2, -0.15) is 13.2 Å². The Kier molecular flexibility index (Phi) is 4.48. The Bertz CT molecular complexity index is 343. The van der Waals surface area contributed by atoms with Gasteiger partial charge in [0.2, 0.25) is 0 Å². The third-order valence-corrected chi connectivity index (χ3v) is 2.26. The van der Waals surface area contributed by atoms with Crippen LogP contribution in [0, 0.1) is 0 Å².